The molecule has 0 spiro atoms. The molecule has 0 aliphatic rings. The van der Waals surface area contributed by atoms with Gasteiger partial charge in [-0.3, -0.25) is 0 Å². The van der Waals surface area contributed by atoms with E-state index in [2.05, 4.69) is 0 Å². The van der Waals surface area contributed by atoms with E-state index in [0.717, 1.165) is 11.1 Å². The zero-order valence-corrected chi connectivity index (χ0v) is 10.7. The first-order valence-electron chi connectivity index (χ1n) is 6.01. The van der Waals surface area contributed by atoms with Crippen molar-refractivity contribution in [2.45, 2.75) is 0 Å². The quantitative estimate of drug-likeness (QED) is 0.900. The lowest BCUT2D eigenvalue weighted by Gasteiger charge is -2.11. The van der Waals surface area contributed by atoms with Gasteiger partial charge < -0.3 is 15.2 Å². The van der Waals surface area contributed by atoms with Crippen molar-refractivity contribution in [1.29, 1.82) is 0 Å². The van der Waals surface area contributed by atoms with E-state index in [-0.39, 0.29) is 5.82 Å². The molecule has 0 fully saturated rings. The Balaban J connectivity index is 2.33. The first kappa shape index (κ1) is 13.4. The van der Waals surface area contributed by atoms with Crippen LogP contribution < -0.4 is 15.2 Å². The lowest BCUT2D eigenvalue weighted by Crippen LogP contribution is -2.11. The zero-order valence-electron chi connectivity index (χ0n) is 10.7. The standard InChI is InChI=1S/C15H16FNO2/c1-18-15-10-12(5-6-14(15)19-8-7-17)11-3-2-4-13(16)9-11/h2-6,9-10H,7-8,17H2,1H3. The van der Waals surface area contributed by atoms with Gasteiger partial charge in [0.25, 0.3) is 0 Å². The summed E-state index contributed by atoms with van der Waals surface area (Å²) < 4.78 is 24.0. The van der Waals surface area contributed by atoms with Gasteiger partial charge in [0, 0.05) is 6.54 Å². The summed E-state index contributed by atoms with van der Waals surface area (Å²) in [5, 5.41) is 0. The van der Waals surface area contributed by atoms with Gasteiger partial charge in [0.15, 0.2) is 11.5 Å². The van der Waals surface area contributed by atoms with Crippen LogP contribution in [0.4, 0.5) is 4.39 Å². The van der Waals surface area contributed by atoms with Crippen LogP contribution in [-0.2, 0) is 0 Å². The summed E-state index contributed by atoms with van der Waals surface area (Å²) >= 11 is 0. The van der Waals surface area contributed by atoms with Crippen molar-refractivity contribution in [2.24, 2.45) is 5.73 Å². The minimum Gasteiger partial charge on any atom is -0.493 e. The molecule has 0 saturated carbocycles. The molecule has 0 atom stereocenters. The number of hydrogen-bond acceptors (Lipinski definition) is 3. The molecule has 0 aliphatic heterocycles. The molecule has 4 heteroatoms. The second-order valence-corrected chi connectivity index (χ2v) is 4.01. The fourth-order valence-corrected chi connectivity index (χ4v) is 1.80. The molecule has 0 aromatic heterocycles. The maximum absolute atomic E-state index is 13.2. The number of benzene rings is 2. The molecular formula is C15H16FNO2. The molecule has 0 amide bonds. The van der Waals surface area contributed by atoms with Gasteiger partial charge in [0.1, 0.15) is 12.4 Å². The Morgan fingerprint density at radius 2 is 1.84 bits per heavy atom. The van der Waals surface area contributed by atoms with Crippen molar-refractivity contribution in [1.82, 2.24) is 0 Å². The third-order valence-corrected chi connectivity index (χ3v) is 2.70. The summed E-state index contributed by atoms with van der Waals surface area (Å²) in [6.07, 6.45) is 0. The molecule has 2 N–H and O–H groups in total. The predicted molar refractivity (Wildman–Crippen MR) is 72.9 cm³/mol. The van der Waals surface area contributed by atoms with Crippen LogP contribution in [0.3, 0.4) is 0 Å². The van der Waals surface area contributed by atoms with Gasteiger partial charge in [0.2, 0.25) is 0 Å². The summed E-state index contributed by atoms with van der Waals surface area (Å²) in [6, 6.07) is 11.9. The van der Waals surface area contributed by atoms with Crippen LogP contribution in [0.15, 0.2) is 42.5 Å². The van der Waals surface area contributed by atoms with E-state index in [4.69, 9.17) is 15.2 Å². The number of nitrogens with two attached hydrogens (primary N) is 1. The van der Waals surface area contributed by atoms with Crippen LogP contribution in [0.2, 0.25) is 0 Å². The predicted octanol–water partition coefficient (Wildman–Crippen LogP) is 2.84. The largest absolute Gasteiger partial charge is 0.493 e. The Morgan fingerprint density at radius 3 is 2.53 bits per heavy atom. The van der Waals surface area contributed by atoms with Crippen molar-refractivity contribution >= 4 is 0 Å². The summed E-state index contributed by atoms with van der Waals surface area (Å²) in [5.41, 5.74) is 7.06. The normalized spacial score (nSPS) is 10.3. The number of hydrogen-bond donors (Lipinski definition) is 1. The van der Waals surface area contributed by atoms with Crippen molar-refractivity contribution in [3.63, 3.8) is 0 Å². The van der Waals surface area contributed by atoms with Gasteiger partial charge in [0.05, 0.1) is 7.11 Å². The molecule has 0 unspecified atom stereocenters. The van der Waals surface area contributed by atoms with E-state index in [9.17, 15) is 4.39 Å². The Kier molecular flexibility index (Phi) is 4.36. The minimum atomic E-state index is -0.264. The monoisotopic (exact) mass is 261 g/mol. The molecular weight excluding hydrogens is 245 g/mol. The van der Waals surface area contributed by atoms with Crippen LogP contribution in [0.5, 0.6) is 11.5 Å². The van der Waals surface area contributed by atoms with Crippen molar-refractivity contribution < 1.29 is 13.9 Å². The van der Waals surface area contributed by atoms with Crippen LogP contribution in [0.25, 0.3) is 11.1 Å². The smallest absolute Gasteiger partial charge is 0.161 e. The van der Waals surface area contributed by atoms with Gasteiger partial charge in [-0.2, -0.15) is 0 Å². The highest BCUT2D eigenvalue weighted by Crippen LogP contribution is 2.32. The van der Waals surface area contributed by atoms with Crippen LogP contribution in [0.1, 0.15) is 0 Å². The maximum atomic E-state index is 13.2. The average molecular weight is 261 g/mol. The van der Waals surface area contributed by atoms with E-state index < -0.39 is 0 Å². The van der Waals surface area contributed by atoms with Gasteiger partial charge in [-0.1, -0.05) is 18.2 Å². The Bertz CT molecular complexity index is 558. The maximum Gasteiger partial charge on any atom is 0.161 e. The molecule has 0 radical (unpaired) electrons. The van der Waals surface area contributed by atoms with Crippen molar-refractivity contribution in [3.8, 4) is 22.6 Å². The van der Waals surface area contributed by atoms with Gasteiger partial charge in [-0.15, -0.1) is 0 Å². The summed E-state index contributed by atoms with van der Waals surface area (Å²) in [7, 11) is 1.57. The van der Waals surface area contributed by atoms with Crippen LogP contribution in [-0.4, -0.2) is 20.3 Å². The van der Waals surface area contributed by atoms with Crippen molar-refractivity contribution in [2.75, 3.05) is 20.3 Å². The molecule has 0 heterocycles. The lowest BCUT2D eigenvalue weighted by molar-refractivity contribution is 0.302. The zero-order chi connectivity index (χ0) is 13.7. The van der Waals surface area contributed by atoms with E-state index in [0.29, 0.717) is 24.7 Å². The van der Waals surface area contributed by atoms with Crippen LogP contribution >= 0.6 is 0 Å². The first-order chi connectivity index (χ1) is 9.24. The highest BCUT2D eigenvalue weighted by molar-refractivity contribution is 5.67. The van der Waals surface area contributed by atoms with E-state index in [1.165, 1.54) is 12.1 Å². The second kappa shape index (κ2) is 6.20. The SMILES string of the molecule is COc1cc(-c2cccc(F)c2)ccc1OCCN. The fraction of sp³-hybridized carbons (Fsp3) is 0.200. The Morgan fingerprint density at radius 1 is 1.05 bits per heavy atom. The summed E-state index contributed by atoms with van der Waals surface area (Å²) in [4.78, 5) is 0. The molecule has 2 aromatic rings. The molecule has 2 rings (SSSR count). The molecule has 2 aromatic carbocycles. The minimum absolute atomic E-state index is 0.264. The van der Waals surface area contributed by atoms with Crippen molar-refractivity contribution in [3.05, 3.63) is 48.3 Å². The topological polar surface area (TPSA) is 44.5 Å². The van der Waals surface area contributed by atoms with Gasteiger partial charge in [-0.25, -0.2) is 4.39 Å². The molecule has 0 aliphatic carbocycles. The third-order valence-electron chi connectivity index (χ3n) is 2.70. The van der Waals surface area contributed by atoms with Gasteiger partial charge in [-0.05, 0) is 35.4 Å². The highest BCUT2D eigenvalue weighted by Gasteiger charge is 2.07. The summed E-state index contributed by atoms with van der Waals surface area (Å²) in [5.74, 6) is 0.975. The molecule has 0 bridgehead atoms. The number of ether oxygens (including phenoxy) is 2. The number of halogens is 1. The average Bonchev–Trinajstić information content (AvgIpc) is 2.45. The Labute approximate surface area is 111 Å². The van der Waals surface area contributed by atoms with E-state index in [1.54, 1.807) is 19.2 Å². The lowest BCUT2D eigenvalue weighted by atomic mass is 10.1. The van der Waals surface area contributed by atoms with E-state index >= 15 is 0 Å². The first-order valence-corrected chi connectivity index (χ1v) is 6.01. The van der Waals surface area contributed by atoms with E-state index in [1.807, 2.05) is 18.2 Å². The number of rotatable bonds is 5. The van der Waals surface area contributed by atoms with Gasteiger partial charge >= 0.3 is 0 Å². The molecule has 100 valence electrons. The molecule has 0 saturated heterocycles. The van der Waals surface area contributed by atoms with Crippen LogP contribution in [0, 0.1) is 5.82 Å². The highest BCUT2D eigenvalue weighted by atomic mass is 19.1. The molecule has 19 heavy (non-hydrogen) atoms. The Hall–Kier alpha value is -2.07. The fourth-order valence-electron chi connectivity index (χ4n) is 1.80. The summed E-state index contributed by atoms with van der Waals surface area (Å²) in [6.45, 7) is 0.866. The number of methoxy groups -OCH3 is 1. The molecule has 3 nitrogen and oxygen atoms in total. The second-order valence-electron chi connectivity index (χ2n) is 4.01. The third kappa shape index (κ3) is 3.23.